The van der Waals surface area contributed by atoms with Gasteiger partial charge in [0.25, 0.3) is 5.91 Å². The van der Waals surface area contributed by atoms with E-state index in [1.165, 1.54) is 24.8 Å². The van der Waals surface area contributed by atoms with Crippen LogP contribution in [0.3, 0.4) is 0 Å². The summed E-state index contributed by atoms with van der Waals surface area (Å²) in [5.41, 5.74) is -1.00. The van der Waals surface area contributed by atoms with Crippen LogP contribution in [0.2, 0.25) is 5.02 Å². The van der Waals surface area contributed by atoms with E-state index in [2.05, 4.69) is 0 Å². The minimum absolute atomic E-state index is 0.378. The molecule has 0 fully saturated rings. The van der Waals surface area contributed by atoms with Gasteiger partial charge >= 0.3 is 5.97 Å². The molecular weight excluding hydrogens is 270 g/mol. The number of ether oxygens (including phenoxy) is 1. The number of rotatable bonds is 2. The fourth-order valence-corrected chi connectivity index (χ4v) is 2.14. The SMILES string of the molecule is CC1Oc2ccc(Cl)cc2N(C(C)(C)C(=O)O)C1=O. The van der Waals surface area contributed by atoms with Crippen LogP contribution in [0, 0.1) is 0 Å². The van der Waals surface area contributed by atoms with Crippen molar-refractivity contribution in [3.05, 3.63) is 23.2 Å². The maximum atomic E-state index is 12.2. The summed E-state index contributed by atoms with van der Waals surface area (Å²) in [6, 6.07) is 4.80. The number of benzene rings is 1. The average Bonchev–Trinajstić information content (AvgIpc) is 2.30. The van der Waals surface area contributed by atoms with Crippen LogP contribution in [0.5, 0.6) is 5.75 Å². The molecule has 0 saturated carbocycles. The Kier molecular flexibility index (Phi) is 3.18. The molecule has 0 saturated heterocycles. The van der Waals surface area contributed by atoms with Crippen LogP contribution in [-0.2, 0) is 9.59 Å². The van der Waals surface area contributed by atoms with Crippen LogP contribution in [-0.4, -0.2) is 28.6 Å². The number of aliphatic carboxylic acids is 1. The second-order valence-corrected chi connectivity index (χ2v) is 5.35. The first-order valence-corrected chi connectivity index (χ1v) is 6.16. The predicted octanol–water partition coefficient (Wildman–Crippen LogP) is 2.32. The van der Waals surface area contributed by atoms with E-state index in [0.29, 0.717) is 16.5 Å². The van der Waals surface area contributed by atoms with Gasteiger partial charge in [-0.05, 0) is 39.0 Å². The molecule has 1 aromatic rings. The zero-order valence-corrected chi connectivity index (χ0v) is 11.6. The first-order chi connectivity index (χ1) is 8.75. The Morgan fingerprint density at radius 2 is 2.11 bits per heavy atom. The Balaban J connectivity index is 2.62. The van der Waals surface area contributed by atoms with Crippen LogP contribution >= 0.6 is 11.6 Å². The van der Waals surface area contributed by atoms with Gasteiger partial charge in [0.05, 0.1) is 5.69 Å². The van der Waals surface area contributed by atoms with E-state index in [-0.39, 0.29) is 0 Å². The maximum Gasteiger partial charge on any atom is 0.329 e. The molecule has 1 N–H and O–H groups in total. The molecule has 0 spiro atoms. The van der Waals surface area contributed by atoms with Crippen molar-refractivity contribution >= 4 is 29.2 Å². The molecule has 1 aliphatic rings. The van der Waals surface area contributed by atoms with Crippen molar-refractivity contribution in [3.8, 4) is 5.75 Å². The molecule has 1 aliphatic heterocycles. The number of fused-ring (bicyclic) bond motifs is 1. The molecule has 1 unspecified atom stereocenters. The molecule has 19 heavy (non-hydrogen) atoms. The van der Waals surface area contributed by atoms with Crippen LogP contribution < -0.4 is 9.64 Å². The number of amides is 1. The fourth-order valence-electron chi connectivity index (χ4n) is 1.98. The number of hydrogen-bond acceptors (Lipinski definition) is 3. The molecule has 6 heteroatoms. The third-order valence-electron chi connectivity index (χ3n) is 3.12. The summed E-state index contributed by atoms with van der Waals surface area (Å²) >= 11 is 5.91. The topological polar surface area (TPSA) is 66.8 Å². The molecule has 0 aromatic heterocycles. The lowest BCUT2D eigenvalue weighted by Gasteiger charge is -2.40. The molecule has 1 aromatic carbocycles. The summed E-state index contributed by atoms with van der Waals surface area (Å²) in [4.78, 5) is 24.9. The van der Waals surface area contributed by atoms with Gasteiger partial charge < -0.3 is 9.84 Å². The number of carboxylic acids is 1. The van der Waals surface area contributed by atoms with Crippen LogP contribution in [0.15, 0.2) is 18.2 Å². The van der Waals surface area contributed by atoms with E-state index in [1.807, 2.05) is 0 Å². The monoisotopic (exact) mass is 283 g/mol. The highest BCUT2D eigenvalue weighted by Gasteiger charge is 2.44. The van der Waals surface area contributed by atoms with Gasteiger partial charge in [-0.1, -0.05) is 11.6 Å². The molecule has 5 nitrogen and oxygen atoms in total. The molecule has 1 atom stereocenters. The highest BCUT2D eigenvalue weighted by Crippen LogP contribution is 2.39. The van der Waals surface area contributed by atoms with Gasteiger partial charge in [-0.25, -0.2) is 4.79 Å². The Morgan fingerprint density at radius 1 is 1.47 bits per heavy atom. The molecule has 0 bridgehead atoms. The minimum atomic E-state index is -1.38. The number of carbonyl (C=O) groups is 2. The molecule has 2 rings (SSSR count). The first kappa shape index (κ1) is 13.7. The summed E-state index contributed by atoms with van der Waals surface area (Å²) in [5.74, 6) is -1.05. The van der Waals surface area contributed by atoms with Crippen molar-refractivity contribution < 1.29 is 19.4 Å². The summed E-state index contributed by atoms with van der Waals surface area (Å²) in [6.45, 7) is 4.52. The number of anilines is 1. The van der Waals surface area contributed by atoms with Crippen molar-refractivity contribution in [1.29, 1.82) is 0 Å². The number of nitrogens with zero attached hydrogens (tertiary/aromatic N) is 1. The molecule has 0 radical (unpaired) electrons. The Bertz CT molecular complexity index is 556. The zero-order chi connectivity index (χ0) is 14.4. The predicted molar refractivity (Wildman–Crippen MR) is 70.7 cm³/mol. The number of carbonyl (C=O) groups excluding carboxylic acids is 1. The molecular formula is C13H14ClNO4. The average molecular weight is 284 g/mol. The second kappa shape index (κ2) is 4.42. The van der Waals surface area contributed by atoms with Gasteiger partial charge in [-0.3, -0.25) is 9.69 Å². The summed E-state index contributed by atoms with van der Waals surface area (Å²) < 4.78 is 5.46. The zero-order valence-electron chi connectivity index (χ0n) is 10.8. The number of halogens is 1. The number of hydrogen-bond donors (Lipinski definition) is 1. The van der Waals surface area contributed by atoms with E-state index in [1.54, 1.807) is 19.1 Å². The van der Waals surface area contributed by atoms with E-state index in [4.69, 9.17) is 16.3 Å². The quantitative estimate of drug-likeness (QED) is 0.904. The van der Waals surface area contributed by atoms with E-state index in [0.717, 1.165) is 0 Å². The van der Waals surface area contributed by atoms with Crippen molar-refractivity contribution in [3.63, 3.8) is 0 Å². The van der Waals surface area contributed by atoms with Crippen LogP contribution in [0.4, 0.5) is 5.69 Å². The fraction of sp³-hybridized carbons (Fsp3) is 0.385. The van der Waals surface area contributed by atoms with Crippen molar-refractivity contribution in [2.24, 2.45) is 0 Å². The standard InChI is InChI=1S/C13H14ClNO4/c1-7-11(16)15(13(2,3)12(17)18)9-6-8(14)4-5-10(9)19-7/h4-7H,1-3H3,(H,17,18). The van der Waals surface area contributed by atoms with Crippen LogP contribution in [0.1, 0.15) is 20.8 Å². The van der Waals surface area contributed by atoms with Crippen molar-refractivity contribution in [2.45, 2.75) is 32.4 Å². The van der Waals surface area contributed by atoms with Crippen molar-refractivity contribution in [2.75, 3.05) is 4.90 Å². The summed E-state index contributed by atoms with van der Waals surface area (Å²) in [6.07, 6.45) is -0.729. The molecule has 1 amide bonds. The minimum Gasteiger partial charge on any atom is -0.480 e. The lowest BCUT2D eigenvalue weighted by atomic mass is 9.99. The van der Waals surface area contributed by atoms with E-state index < -0.39 is 23.5 Å². The third kappa shape index (κ3) is 2.14. The maximum absolute atomic E-state index is 12.2. The van der Waals surface area contributed by atoms with E-state index >= 15 is 0 Å². The lowest BCUT2D eigenvalue weighted by Crippen LogP contribution is -2.58. The smallest absolute Gasteiger partial charge is 0.329 e. The summed E-state index contributed by atoms with van der Waals surface area (Å²) in [7, 11) is 0. The normalized spacial score (nSPS) is 18.8. The van der Waals surface area contributed by atoms with Crippen molar-refractivity contribution in [1.82, 2.24) is 0 Å². The third-order valence-corrected chi connectivity index (χ3v) is 3.35. The molecule has 102 valence electrons. The Morgan fingerprint density at radius 3 is 2.68 bits per heavy atom. The summed E-state index contributed by atoms with van der Waals surface area (Å²) in [5, 5.41) is 9.74. The highest BCUT2D eigenvalue weighted by molar-refractivity contribution is 6.31. The van der Waals surface area contributed by atoms with Crippen LogP contribution in [0.25, 0.3) is 0 Å². The molecule has 0 aliphatic carbocycles. The first-order valence-electron chi connectivity index (χ1n) is 5.79. The van der Waals surface area contributed by atoms with Gasteiger partial charge in [0.1, 0.15) is 11.3 Å². The van der Waals surface area contributed by atoms with Gasteiger partial charge in [0.2, 0.25) is 0 Å². The Labute approximate surface area is 115 Å². The van der Waals surface area contributed by atoms with Gasteiger partial charge in [0, 0.05) is 5.02 Å². The number of carboxylic acid groups (broad SMARTS) is 1. The van der Waals surface area contributed by atoms with Gasteiger partial charge in [-0.2, -0.15) is 0 Å². The lowest BCUT2D eigenvalue weighted by molar-refractivity contribution is -0.145. The van der Waals surface area contributed by atoms with Gasteiger partial charge in [-0.15, -0.1) is 0 Å². The van der Waals surface area contributed by atoms with E-state index in [9.17, 15) is 14.7 Å². The highest BCUT2D eigenvalue weighted by atomic mass is 35.5. The Hall–Kier alpha value is -1.75. The van der Waals surface area contributed by atoms with Gasteiger partial charge in [0.15, 0.2) is 6.10 Å². The molecule has 1 heterocycles. The second-order valence-electron chi connectivity index (χ2n) is 4.91. The largest absolute Gasteiger partial charge is 0.480 e.